The highest BCUT2D eigenvalue weighted by atomic mass is 32.1. The lowest BCUT2D eigenvalue weighted by Crippen LogP contribution is -1.94. The van der Waals surface area contributed by atoms with Crippen LogP contribution in [-0.2, 0) is 0 Å². The quantitative estimate of drug-likeness (QED) is 0.629. The topological polar surface area (TPSA) is 31.6 Å². The van der Waals surface area contributed by atoms with Crippen LogP contribution in [0.4, 0.5) is 0 Å². The molecule has 3 aromatic heterocycles. The molecule has 0 unspecified atom stereocenters. The molecule has 2 nitrogen and oxygen atoms in total. The molecule has 0 fully saturated rings. The summed E-state index contributed by atoms with van der Waals surface area (Å²) < 4.78 is 2.51. The number of rotatable bonds is 0. The third-order valence-electron chi connectivity index (χ3n) is 4.31. The number of hydrogen-bond donors (Lipinski definition) is 2. The number of fused-ring (bicyclic) bond motifs is 8. The van der Waals surface area contributed by atoms with Crippen molar-refractivity contribution in [3.8, 4) is 0 Å². The van der Waals surface area contributed by atoms with Gasteiger partial charge in [0.15, 0.2) is 0 Å². The molecule has 0 atom stereocenters. The zero-order valence-electron chi connectivity index (χ0n) is 13.0. The molecule has 0 saturated carbocycles. The van der Waals surface area contributed by atoms with Crippen LogP contribution in [0.25, 0.3) is 24.3 Å². The van der Waals surface area contributed by atoms with E-state index < -0.39 is 0 Å². The first-order valence-corrected chi connectivity index (χ1v) is 8.88. The van der Waals surface area contributed by atoms with Crippen LogP contribution in [-0.4, -0.2) is 9.97 Å². The Labute approximate surface area is 143 Å². The van der Waals surface area contributed by atoms with E-state index in [1.165, 1.54) is 20.2 Å². The van der Waals surface area contributed by atoms with E-state index in [-0.39, 0.29) is 0 Å². The molecule has 0 saturated heterocycles. The third kappa shape index (κ3) is 2.63. The second-order valence-corrected chi connectivity index (χ2v) is 7.36. The molecule has 1 aliphatic heterocycles. The van der Waals surface area contributed by atoms with Crippen molar-refractivity contribution in [1.29, 1.82) is 0 Å². The molecule has 3 aromatic rings. The minimum absolute atomic E-state index is 0.974. The lowest BCUT2D eigenvalue weighted by atomic mass is 10.1. The maximum Gasteiger partial charge on any atom is 0.0399 e. The molecule has 3 heteroatoms. The van der Waals surface area contributed by atoms with Gasteiger partial charge in [0.05, 0.1) is 0 Å². The largest absolute Gasteiger partial charge is 0.355 e. The molecule has 2 N–H and O–H groups in total. The SMILES string of the molecule is C1=CC2=C/c3ccc([nH]3)/C=c3/cc/c(s3)=C/c3ccc([nH]3)/C=C/1C\2. The standard InChI is InChI=1S/C21H16N2S/c1-2-15-9-14(1)10-16-3-5-18(22-16)12-20-7-8-21(24-20)13-19-6-4-17(11-15)23-19/h1-8,10-13,22-23H,9H2/b14-10-,15-11-,16-10?,17-11?,18-12?,19-13?,20-12-,21-13-. The average Bonchev–Trinajstić information content (AvgIpc) is 3.32. The first-order chi connectivity index (χ1) is 11.8. The summed E-state index contributed by atoms with van der Waals surface area (Å²) in [7, 11) is 0. The highest BCUT2D eigenvalue weighted by molar-refractivity contribution is 7.07. The summed E-state index contributed by atoms with van der Waals surface area (Å²) >= 11 is 1.80. The predicted octanol–water partition coefficient (Wildman–Crippen LogP) is 3.80. The van der Waals surface area contributed by atoms with Crippen molar-refractivity contribution in [3.63, 3.8) is 0 Å². The summed E-state index contributed by atoms with van der Waals surface area (Å²) in [6.45, 7) is 0. The van der Waals surface area contributed by atoms with Gasteiger partial charge in [-0.2, -0.15) is 0 Å². The molecule has 2 aliphatic rings. The van der Waals surface area contributed by atoms with Gasteiger partial charge in [-0.3, -0.25) is 0 Å². The minimum Gasteiger partial charge on any atom is -0.355 e. The van der Waals surface area contributed by atoms with Gasteiger partial charge in [0.2, 0.25) is 0 Å². The van der Waals surface area contributed by atoms with E-state index in [2.05, 4.69) is 82.8 Å². The number of thiophene rings is 1. The average molecular weight is 328 g/mol. The molecule has 116 valence electrons. The van der Waals surface area contributed by atoms with E-state index in [1.807, 2.05) is 0 Å². The maximum atomic E-state index is 3.48. The highest BCUT2D eigenvalue weighted by Gasteiger charge is 2.07. The van der Waals surface area contributed by atoms with Crippen molar-refractivity contribution in [2.75, 3.05) is 0 Å². The van der Waals surface area contributed by atoms with Gasteiger partial charge in [0.1, 0.15) is 0 Å². The lowest BCUT2D eigenvalue weighted by Gasteiger charge is -1.96. The van der Waals surface area contributed by atoms with Crippen molar-refractivity contribution in [3.05, 3.63) is 91.5 Å². The van der Waals surface area contributed by atoms with Crippen molar-refractivity contribution < 1.29 is 0 Å². The number of allylic oxidation sites excluding steroid dienone is 4. The molecule has 8 bridgehead atoms. The molecule has 0 radical (unpaired) electrons. The van der Waals surface area contributed by atoms with Crippen LogP contribution in [0, 0.1) is 0 Å². The Bertz CT molecular complexity index is 1040. The number of hydrogen-bond acceptors (Lipinski definition) is 1. The fourth-order valence-corrected chi connectivity index (χ4v) is 4.11. The first-order valence-electron chi connectivity index (χ1n) is 8.07. The third-order valence-corrected chi connectivity index (χ3v) is 5.29. The van der Waals surface area contributed by atoms with Gasteiger partial charge in [-0.1, -0.05) is 12.2 Å². The van der Waals surface area contributed by atoms with E-state index in [9.17, 15) is 0 Å². The summed E-state index contributed by atoms with van der Waals surface area (Å²) in [4.78, 5) is 6.97. The normalized spacial score (nSPS) is 22.7. The zero-order chi connectivity index (χ0) is 15.9. The van der Waals surface area contributed by atoms with Crippen LogP contribution in [0.5, 0.6) is 0 Å². The number of H-pyrrole nitrogens is 2. The molecular formula is C21H16N2S. The van der Waals surface area contributed by atoms with E-state index >= 15 is 0 Å². The number of nitrogens with one attached hydrogen (secondary N) is 2. The Morgan fingerprint density at radius 1 is 0.583 bits per heavy atom. The van der Waals surface area contributed by atoms with E-state index in [4.69, 9.17) is 0 Å². The van der Waals surface area contributed by atoms with Gasteiger partial charge < -0.3 is 9.97 Å². The molecular weight excluding hydrogens is 312 g/mol. The minimum atomic E-state index is 0.974. The van der Waals surface area contributed by atoms with E-state index in [0.29, 0.717) is 0 Å². The monoisotopic (exact) mass is 328 g/mol. The smallest absolute Gasteiger partial charge is 0.0399 e. The van der Waals surface area contributed by atoms with Gasteiger partial charge in [0, 0.05) is 31.8 Å². The molecule has 4 heterocycles. The van der Waals surface area contributed by atoms with Gasteiger partial charge in [0.25, 0.3) is 0 Å². The summed E-state index contributed by atoms with van der Waals surface area (Å²) in [6, 6.07) is 12.9. The van der Waals surface area contributed by atoms with Crippen molar-refractivity contribution in [1.82, 2.24) is 9.97 Å². The van der Waals surface area contributed by atoms with Crippen LogP contribution in [0.15, 0.2) is 59.7 Å². The van der Waals surface area contributed by atoms with Gasteiger partial charge in [-0.25, -0.2) is 0 Å². The van der Waals surface area contributed by atoms with Crippen molar-refractivity contribution >= 4 is 35.6 Å². The predicted molar refractivity (Wildman–Crippen MR) is 102 cm³/mol. The lowest BCUT2D eigenvalue weighted by molar-refractivity contribution is 1.27. The summed E-state index contributed by atoms with van der Waals surface area (Å²) in [5.41, 5.74) is 7.25. The number of aromatic nitrogens is 2. The second-order valence-electron chi connectivity index (χ2n) is 6.22. The molecule has 0 aromatic carbocycles. The highest BCUT2D eigenvalue weighted by Crippen LogP contribution is 2.26. The van der Waals surface area contributed by atoms with Crippen LogP contribution in [0.1, 0.15) is 29.2 Å². The summed E-state index contributed by atoms with van der Waals surface area (Å²) in [5, 5.41) is 0. The first kappa shape index (κ1) is 13.6. The Morgan fingerprint density at radius 3 is 1.54 bits per heavy atom. The Balaban J connectivity index is 1.71. The zero-order valence-corrected chi connectivity index (χ0v) is 13.9. The fraction of sp³-hybridized carbons (Fsp3) is 0.0476. The Morgan fingerprint density at radius 2 is 1.04 bits per heavy atom. The summed E-state index contributed by atoms with van der Waals surface area (Å²) in [6.07, 6.45) is 14.2. The van der Waals surface area contributed by atoms with Crippen LogP contribution in [0.2, 0.25) is 0 Å². The number of aromatic amines is 2. The molecule has 1 aliphatic carbocycles. The van der Waals surface area contributed by atoms with Crippen LogP contribution >= 0.6 is 11.3 Å². The van der Waals surface area contributed by atoms with Gasteiger partial charge in [-0.05, 0) is 78.3 Å². The Hall–Kier alpha value is -2.78. The van der Waals surface area contributed by atoms with Crippen molar-refractivity contribution in [2.45, 2.75) is 6.42 Å². The fourth-order valence-electron chi connectivity index (χ4n) is 3.19. The molecule has 0 spiro atoms. The van der Waals surface area contributed by atoms with Crippen LogP contribution in [0.3, 0.4) is 0 Å². The van der Waals surface area contributed by atoms with E-state index in [0.717, 1.165) is 29.2 Å². The maximum absolute atomic E-state index is 3.48. The second kappa shape index (κ2) is 5.39. The van der Waals surface area contributed by atoms with Crippen molar-refractivity contribution in [2.24, 2.45) is 0 Å². The van der Waals surface area contributed by atoms with Gasteiger partial charge in [-0.15, -0.1) is 11.3 Å². The summed E-state index contributed by atoms with van der Waals surface area (Å²) in [5.74, 6) is 0. The van der Waals surface area contributed by atoms with Crippen LogP contribution < -0.4 is 9.06 Å². The molecule has 5 rings (SSSR count). The Kier molecular flexibility index (Phi) is 3.06. The molecule has 0 amide bonds. The van der Waals surface area contributed by atoms with Gasteiger partial charge >= 0.3 is 0 Å². The van der Waals surface area contributed by atoms with E-state index in [1.54, 1.807) is 11.3 Å². The molecule has 24 heavy (non-hydrogen) atoms.